The van der Waals surface area contributed by atoms with Gasteiger partial charge in [-0.1, -0.05) is 24.3 Å². The Bertz CT molecular complexity index is 1260. The van der Waals surface area contributed by atoms with Gasteiger partial charge in [0.05, 0.1) is 5.56 Å². The number of carboxylic acids is 1. The largest absolute Gasteiger partial charge is 0.478 e. The molecule has 1 N–H and O–H groups in total. The van der Waals surface area contributed by atoms with Gasteiger partial charge in [0.1, 0.15) is 0 Å². The molecule has 2 aromatic carbocycles. The van der Waals surface area contributed by atoms with Crippen LogP contribution >= 0.6 is 0 Å². The van der Waals surface area contributed by atoms with Crippen LogP contribution in [0.15, 0.2) is 67.0 Å². The predicted octanol–water partition coefficient (Wildman–Crippen LogP) is 5.91. The second-order valence-corrected chi connectivity index (χ2v) is 9.84. The van der Waals surface area contributed by atoms with Crippen LogP contribution in [0, 0.1) is 5.92 Å². The normalized spacial score (nSPS) is 16.6. The van der Waals surface area contributed by atoms with Gasteiger partial charge < -0.3 is 19.5 Å². The average Bonchev–Trinajstić information content (AvgIpc) is 3.14. The van der Waals surface area contributed by atoms with Crippen LogP contribution in [0.3, 0.4) is 0 Å². The zero-order valence-corrected chi connectivity index (χ0v) is 21.5. The quantitative estimate of drug-likeness (QED) is 0.408. The number of hydrogen-bond acceptors (Lipinski definition) is 5. The van der Waals surface area contributed by atoms with Crippen molar-refractivity contribution in [2.24, 2.45) is 5.92 Å². The molecule has 0 amide bonds. The molecule has 0 spiro atoms. The molecule has 0 bridgehead atoms. The van der Waals surface area contributed by atoms with Crippen LogP contribution in [-0.2, 0) is 15.9 Å². The zero-order chi connectivity index (χ0) is 25.8. The highest BCUT2D eigenvalue weighted by Crippen LogP contribution is 2.40. The van der Waals surface area contributed by atoms with E-state index in [4.69, 9.17) is 9.47 Å². The summed E-state index contributed by atoms with van der Waals surface area (Å²) in [7, 11) is 3.42. The number of ether oxygens (including phenoxy) is 2. The molecule has 0 atom stereocenters. The van der Waals surface area contributed by atoms with Crippen molar-refractivity contribution in [2.45, 2.75) is 38.4 Å². The number of aromatic nitrogens is 1. The molecular formula is C31H34N2O4. The number of carbonyl (C=O) groups is 1. The van der Waals surface area contributed by atoms with E-state index in [9.17, 15) is 9.90 Å². The smallest absolute Gasteiger partial charge is 0.335 e. The first-order valence-electron chi connectivity index (χ1n) is 13.0. The van der Waals surface area contributed by atoms with E-state index in [1.165, 1.54) is 16.8 Å². The van der Waals surface area contributed by atoms with Gasteiger partial charge in [-0.25, -0.2) is 4.79 Å². The molecular weight excluding hydrogens is 464 g/mol. The Morgan fingerprint density at radius 2 is 1.76 bits per heavy atom. The topological polar surface area (TPSA) is 71.9 Å². The molecule has 1 saturated heterocycles. The van der Waals surface area contributed by atoms with Crippen LogP contribution in [0.2, 0.25) is 0 Å². The molecule has 6 heteroatoms. The van der Waals surface area contributed by atoms with Gasteiger partial charge in [-0.3, -0.25) is 4.98 Å². The van der Waals surface area contributed by atoms with E-state index in [0.29, 0.717) is 11.5 Å². The van der Waals surface area contributed by atoms with Crippen molar-refractivity contribution < 1.29 is 19.4 Å². The van der Waals surface area contributed by atoms with Gasteiger partial charge in [-0.15, -0.1) is 0 Å². The summed E-state index contributed by atoms with van der Waals surface area (Å²) in [5.41, 5.74) is 8.44. The van der Waals surface area contributed by atoms with Crippen molar-refractivity contribution in [3.8, 4) is 0 Å². The predicted molar refractivity (Wildman–Crippen MR) is 146 cm³/mol. The van der Waals surface area contributed by atoms with Crippen LogP contribution in [0.5, 0.6) is 0 Å². The van der Waals surface area contributed by atoms with Crippen molar-refractivity contribution in [3.63, 3.8) is 0 Å². The minimum Gasteiger partial charge on any atom is -0.478 e. The Balaban J connectivity index is 1.49. The van der Waals surface area contributed by atoms with Crippen LogP contribution in [0.25, 0.3) is 11.1 Å². The Kier molecular flexibility index (Phi) is 7.68. The van der Waals surface area contributed by atoms with Gasteiger partial charge in [0.25, 0.3) is 0 Å². The molecule has 1 aliphatic carbocycles. The maximum Gasteiger partial charge on any atom is 0.335 e. The number of aryl methyl sites for hydroxylation is 1. The summed E-state index contributed by atoms with van der Waals surface area (Å²) in [5, 5.41) is 9.56. The number of benzene rings is 2. The molecule has 0 radical (unpaired) electrons. The maximum absolute atomic E-state index is 11.7. The number of aromatic carboxylic acids is 1. The first kappa shape index (κ1) is 25.2. The lowest BCUT2D eigenvalue weighted by molar-refractivity contribution is -0.141. The average molecular weight is 499 g/mol. The standard InChI is InChI=1S/C31H34N2O4/c1-36-31(37-2)22-14-17-33(18-15-22)26-11-8-21(9-12-26)29-27(25-6-4-16-32-20-25)7-3-5-23-19-24(30(34)35)10-13-28(23)29/h4,6,8-13,16,19-20,22,31H,3,5,7,14-15,17-18H2,1-2H3,(H,34,35). The Morgan fingerprint density at radius 3 is 2.41 bits per heavy atom. The number of anilines is 1. The fraction of sp³-hybridized carbons (Fsp3) is 0.355. The van der Waals surface area contributed by atoms with Crippen LogP contribution < -0.4 is 4.90 Å². The van der Waals surface area contributed by atoms with Crippen molar-refractivity contribution >= 4 is 22.8 Å². The number of fused-ring (bicyclic) bond motifs is 1. The second-order valence-electron chi connectivity index (χ2n) is 9.84. The molecule has 37 heavy (non-hydrogen) atoms. The van der Waals surface area contributed by atoms with Crippen LogP contribution in [0.4, 0.5) is 5.69 Å². The van der Waals surface area contributed by atoms with Gasteiger partial charge in [-0.05, 0) is 95.8 Å². The third kappa shape index (κ3) is 5.31. The highest BCUT2D eigenvalue weighted by atomic mass is 16.7. The van der Waals surface area contributed by atoms with Gasteiger partial charge in [0, 0.05) is 51.3 Å². The third-order valence-electron chi connectivity index (χ3n) is 7.72. The molecule has 2 aliphatic rings. The van der Waals surface area contributed by atoms with Crippen molar-refractivity contribution in [1.29, 1.82) is 0 Å². The summed E-state index contributed by atoms with van der Waals surface area (Å²) in [6, 6.07) is 18.5. The minimum atomic E-state index is -0.888. The van der Waals surface area contributed by atoms with Crippen LogP contribution in [0.1, 0.15) is 58.3 Å². The van der Waals surface area contributed by atoms with E-state index in [-0.39, 0.29) is 6.29 Å². The van der Waals surface area contributed by atoms with E-state index in [1.54, 1.807) is 26.5 Å². The lowest BCUT2D eigenvalue weighted by Crippen LogP contribution is -2.39. The van der Waals surface area contributed by atoms with Gasteiger partial charge in [-0.2, -0.15) is 0 Å². The molecule has 0 saturated carbocycles. The number of piperidine rings is 1. The van der Waals surface area contributed by atoms with Gasteiger partial charge in [0.15, 0.2) is 6.29 Å². The number of pyridine rings is 1. The van der Waals surface area contributed by atoms with Crippen molar-refractivity contribution in [2.75, 3.05) is 32.2 Å². The summed E-state index contributed by atoms with van der Waals surface area (Å²) in [6.45, 7) is 1.94. The Morgan fingerprint density at radius 1 is 1.00 bits per heavy atom. The fourth-order valence-corrected chi connectivity index (χ4v) is 5.83. The highest BCUT2D eigenvalue weighted by molar-refractivity contribution is 6.00. The number of rotatable bonds is 7. The first-order chi connectivity index (χ1) is 18.1. The SMILES string of the molecule is COC(OC)C1CCN(c2ccc(C3=C(c4cccnc4)CCCc4cc(C(=O)O)ccc43)cc2)CC1. The monoisotopic (exact) mass is 498 g/mol. The Hall–Kier alpha value is -3.48. The van der Waals surface area contributed by atoms with Crippen molar-refractivity contribution in [3.05, 3.63) is 94.8 Å². The minimum absolute atomic E-state index is 0.140. The summed E-state index contributed by atoms with van der Waals surface area (Å²) in [5.74, 6) is -0.476. The summed E-state index contributed by atoms with van der Waals surface area (Å²) in [6.07, 6.45) is 8.37. The first-order valence-corrected chi connectivity index (χ1v) is 13.0. The van der Waals surface area contributed by atoms with E-state index in [1.807, 2.05) is 24.4 Å². The second kappa shape index (κ2) is 11.3. The molecule has 3 aromatic rings. The lowest BCUT2D eigenvalue weighted by atomic mass is 9.87. The highest BCUT2D eigenvalue weighted by Gasteiger charge is 2.27. The number of carboxylic acid groups (broad SMARTS) is 1. The number of allylic oxidation sites excluding steroid dienone is 1. The van der Waals surface area contributed by atoms with Crippen molar-refractivity contribution in [1.82, 2.24) is 4.98 Å². The molecule has 6 nitrogen and oxygen atoms in total. The molecule has 1 aromatic heterocycles. The van der Waals surface area contributed by atoms with E-state index >= 15 is 0 Å². The van der Waals surface area contributed by atoms with Gasteiger partial charge in [0.2, 0.25) is 0 Å². The molecule has 192 valence electrons. The lowest BCUT2D eigenvalue weighted by Gasteiger charge is -2.36. The van der Waals surface area contributed by atoms with E-state index in [0.717, 1.165) is 67.4 Å². The number of nitrogens with zero attached hydrogens (tertiary/aromatic N) is 2. The third-order valence-corrected chi connectivity index (χ3v) is 7.72. The van der Waals surface area contributed by atoms with Crippen LogP contribution in [-0.4, -0.2) is 49.7 Å². The summed E-state index contributed by atoms with van der Waals surface area (Å²) < 4.78 is 11.0. The zero-order valence-electron chi connectivity index (χ0n) is 21.5. The van der Waals surface area contributed by atoms with Gasteiger partial charge >= 0.3 is 5.97 Å². The maximum atomic E-state index is 11.7. The Labute approximate surface area is 218 Å². The number of hydrogen-bond donors (Lipinski definition) is 1. The molecule has 1 fully saturated rings. The molecule has 1 aliphatic heterocycles. The molecule has 2 heterocycles. The molecule has 5 rings (SSSR count). The van der Waals surface area contributed by atoms with E-state index in [2.05, 4.69) is 40.2 Å². The number of methoxy groups -OCH3 is 2. The van der Waals surface area contributed by atoms with E-state index < -0.39 is 5.97 Å². The summed E-state index contributed by atoms with van der Waals surface area (Å²) in [4.78, 5) is 18.5. The summed E-state index contributed by atoms with van der Waals surface area (Å²) >= 11 is 0. The fourth-order valence-electron chi connectivity index (χ4n) is 5.83. The molecule has 0 unspecified atom stereocenters.